The molecule has 0 bridgehead atoms. The van der Waals surface area contributed by atoms with Gasteiger partial charge in [0.25, 0.3) is 0 Å². The third-order valence-electron chi connectivity index (χ3n) is 2.43. The zero-order chi connectivity index (χ0) is 21.4. The van der Waals surface area contributed by atoms with Crippen LogP contribution in [0.2, 0.25) is 0 Å². The molecule has 13 N–H and O–H groups in total. The van der Waals surface area contributed by atoms with Gasteiger partial charge in [-0.3, -0.25) is 24.0 Å². The second-order valence-corrected chi connectivity index (χ2v) is 5.03. The minimum absolute atomic E-state index is 0.0213. The van der Waals surface area contributed by atoms with Crippen LogP contribution in [0.4, 0.5) is 0 Å². The Morgan fingerprint density at radius 3 is 1.04 bits per heavy atom. The highest BCUT2D eigenvalue weighted by Gasteiger charge is 2.12. The fraction of sp³-hybridized carbons (Fsp3) is 0.615. The summed E-state index contributed by atoms with van der Waals surface area (Å²) in [4.78, 5) is 49.8. The van der Waals surface area contributed by atoms with E-state index in [-0.39, 0.29) is 25.7 Å². The standard InChI is InChI=1S/2C5H10N2O3.C3H7NO2/c2*6-3(5(9)10)1-2-4(7)8;1-2(4)3(5)6/h2*3H,1-2,6H2,(H2,7,8)(H,9,10);2H,4H2,1H3,(H,5,6)/t2*3-;2-/m000/s1. The predicted molar refractivity (Wildman–Crippen MR) is 89.4 cm³/mol. The van der Waals surface area contributed by atoms with Gasteiger partial charge in [-0.25, -0.2) is 0 Å². The number of primary amides is 2. The number of carbonyl (C=O) groups is 5. The Morgan fingerprint density at radius 2 is 0.923 bits per heavy atom. The van der Waals surface area contributed by atoms with Gasteiger partial charge in [-0.15, -0.1) is 0 Å². The molecule has 0 spiro atoms. The lowest BCUT2D eigenvalue weighted by Crippen LogP contribution is -2.31. The lowest BCUT2D eigenvalue weighted by atomic mass is 10.2. The maximum absolute atomic E-state index is 10.1. The summed E-state index contributed by atoms with van der Waals surface area (Å²) in [5.41, 5.74) is 24.5. The number of nitrogens with two attached hydrogens (primary N) is 5. The molecule has 2 amide bonds. The number of hydrogen-bond acceptors (Lipinski definition) is 8. The summed E-state index contributed by atoms with van der Waals surface area (Å²) in [6.45, 7) is 1.42. The first kappa shape index (κ1) is 28.1. The number of carboxylic acids is 3. The number of carboxylic acid groups (broad SMARTS) is 3. The average Bonchev–Trinajstić information content (AvgIpc) is 2.50. The molecule has 0 fully saturated rings. The summed E-state index contributed by atoms with van der Waals surface area (Å²) in [5.74, 6) is -4.24. The van der Waals surface area contributed by atoms with E-state index in [9.17, 15) is 24.0 Å². The Bertz CT molecular complexity index is 449. The SMILES string of the molecule is C[C@H](N)C(=O)O.NC(=O)CC[C@H](N)C(=O)O.NC(=O)CC[C@H](N)C(=O)O. The normalized spacial score (nSPS) is 12.8. The van der Waals surface area contributed by atoms with E-state index >= 15 is 0 Å². The predicted octanol–water partition coefficient (Wildman–Crippen LogP) is -3.25. The van der Waals surface area contributed by atoms with Crippen LogP contribution in [0.5, 0.6) is 0 Å². The number of carbonyl (C=O) groups excluding carboxylic acids is 2. The Morgan fingerprint density at radius 1 is 0.692 bits per heavy atom. The van der Waals surface area contributed by atoms with Gasteiger partial charge in [0.15, 0.2) is 0 Å². The molecule has 0 aliphatic carbocycles. The number of hydrogen-bond donors (Lipinski definition) is 8. The van der Waals surface area contributed by atoms with E-state index in [2.05, 4.69) is 0 Å². The fourth-order valence-corrected chi connectivity index (χ4v) is 0.842. The first-order chi connectivity index (χ1) is 11.7. The molecule has 0 saturated carbocycles. The molecule has 26 heavy (non-hydrogen) atoms. The van der Waals surface area contributed by atoms with Crippen molar-refractivity contribution in [3.05, 3.63) is 0 Å². The minimum atomic E-state index is -1.11. The van der Waals surface area contributed by atoms with Crippen molar-refractivity contribution in [3.8, 4) is 0 Å². The van der Waals surface area contributed by atoms with Crippen molar-refractivity contribution in [2.24, 2.45) is 28.7 Å². The smallest absolute Gasteiger partial charge is 0.320 e. The van der Waals surface area contributed by atoms with E-state index in [4.69, 9.17) is 44.0 Å². The maximum atomic E-state index is 10.1. The quantitative estimate of drug-likeness (QED) is 0.196. The van der Waals surface area contributed by atoms with Crippen molar-refractivity contribution in [3.63, 3.8) is 0 Å². The summed E-state index contributed by atoms with van der Waals surface area (Å²) in [5, 5.41) is 24.3. The summed E-state index contributed by atoms with van der Waals surface area (Å²) < 4.78 is 0. The van der Waals surface area contributed by atoms with Gasteiger partial charge in [-0.2, -0.15) is 0 Å². The van der Waals surface area contributed by atoms with Crippen molar-refractivity contribution in [1.82, 2.24) is 0 Å². The van der Waals surface area contributed by atoms with Crippen molar-refractivity contribution < 1.29 is 39.3 Å². The van der Waals surface area contributed by atoms with Crippen molar-refractivity contribution in [1.29, 1.82) is 0 Å². The van der Waals surface area contributed by atoms with Gasteiger partial charge >= 0.3 is 17.9 Å². The van der Waals surface area contributed by atoms with Crippen LogP contribution in [-0.2, 0) is 24.0 Å². The summed E-state index contributed by atoms with van der Waals surface area (Å²) in [7, 11) is 0. The Labute approximate surface area is 149 Å². The summed E-state index contributed by atoms with van der Waals surface area (Å²) >= 11 is 0. The molecular weight excluding hydrogens is 354 g/mol. The van der Waals surface area contributed by atoms with Crippen LogP contribution in [0.1, 0.15) is 32.6 Å². The second kappa shape index (κ2) is 15.7. The molecule has 0 saturated heterocycles. The molecule has 13 heteroatoms. The molecule has 0 aliphatic heterocycles. The molecular formula is C13H27N5O8. The zero-order valence-corrected chi connectivity index (χ0v) is 14.3. The molecule has 0 aromatic heterocycles. The van der Waals surface area contributed by atoms with Crippen LogP contribution in [0.25, 0.3) is 0 Å². The fourth-order valence-electron chi connectivity index (χ4n) is 0.842. The summed E-state index contributed by atoms with van der Waals surface area (Å²) in [6.07, 6.45) is 0.246. The molecule has 3 atom stereocenters. The van der Waals surface area contributed by atoms with Crippen molar-refractivity contribution >= 4 is 29.7 Å². The van der Waals surface area contributed by atoms with E-state index in [1.165, 1.54) is 6.92 Å². The minimum Gasteiger partial charge on any atom is -0.480 e. The van der Waals surface area contributed by atoms with Crippen LogP contribution in [0.15, 0.2) is 0 Å². The highest BCUT2D eigenvalue weighted by atomic mass is 16.4. The van der Waals surface area contributed by atoms with Gasteiger partial charge < -0.3 is 44.0 Å². The van der Waals surface area contributed by atoms with Gasteiger partial charge in [0.1, 0.15) is 18.1 Å². The van der Waals surface area contributed by atoms with Crippen LogP contribution in [-0.4, -0.2) is 63.2 Å². The van der Waals surface area contributed by atoms with E-state index in [0.717, 1.165) is 0 Å². The van der Waals surface area contributed by atoms with Gasteiger partial charge in [-0.05, 0) is 19.8 Å². The Hall–Kier alpha value is -2.77. The maximum Gasteiger partial charge on any atom is 0.320 e. The number of rotatable bonds is 9. The molecule has 0 unspecified atom stereocenters. The first-order valence-electron chi connectivity index (χ1n) is 7.24. The highest BCUT2D eigenvalue weighted by Crippen LogP contribution is 1.93. The zero-order valence-electron chi connectivity index (χ0n) is 14.3. The molecule has 0 aliphatic rings. The molecule has 13 nitrogen and oxygen atoms in total. The van der Waals surface area contributed by atoms with Crippen molar-refractivity contribution in [2.75, 3.05) is 0 Å². The third-order valence-corrected chi connectivity index (χ3v) is 2.43. The van der Waals surface area contributed by atoms with Gasteiger partial charge in [0.05, 0.1) is 0 Å². The molecule has 152 valence electrons. The van der Waals surface area contributed by atoms with E-state index in [0.29, 0.717) is 0 Å². The molecule has 0 aromatic carbocycles. The van der Waals surface area contributed by atoms with Crippen molar-refractivity contribution in [2.45, 2.75) is 50.7 Å². The van der Waals surface area contributed by atoms with Crippen LogP contribution >= 0.6 is 0 Å². The van der Waals surface area contributed by atoms with E-state index < -0.39 is 47.8 Å². The van der Waals surface area contributed by atoms with E-state index in [1.807, 2.05) is 0 Å². The topological polar surface area (TPSA) is 276 Å². The highest BCUT2D eigenvalue weighted by molar-refractivity contribution is 5.77. The van der Waals surface area contributed by atoms with Crippen LogP contribution in [0, 0.1) is 0 Å². The largest absolute Gasteiger partial charge is 0.480 e. The number of amides is 2. The molecule has 0 aromatic rings. The van der Waals surface area contributed by atoms with Gasteiger partial charge in [-0.1, -0.05) is 0 Å². The summed E-state index contributed by atoms with van der Waals surface area (Å²) in [6, 6.07) is -2.69. The van der Waals surface area contributed by atoms with E-state index in [1.54, 1.807) is 0 Å². The lowest BCUT2D eigenvalue weighted by Gasteiger charge is -2.01. The third kappa shape index (κ3) is 23.5. The Kier molecular flexibility index (Phi) is 17.0. The molecule has 0 heterocycles. The van der Waals surface area contributed by atoms with Gasteiger partial charge in [0.2, 0.25) is 11.8 Å². The molecule has 0 radical (unpaired) electrons. The average molecular weight is 381 g/mol. The van der Waals surface area contributed by atoms with Crippen LogP contribution in [0.3, 0.4) is 0 Å². The number of aliphatic carboxylic acids is 3. The molecule has 0 rings (SSSR count). The van der Waals surface area contributed by atoms with Crippen LogP contribution < -0.4 is 28.7 Å². The first-order valence-corrected chi connectivity index (χ1v) is 7.24. The second-order valence-electron chi connectivity index (χ2n) is 5.03. The Balaban J connectivity index is -0.000000316. The van der Waals surface area contributed by atoms with Gasteiger partial charge in [0, 0.05) is 12.8 Å². The monoisotopic (exact) mass is 381 g/mol. The lowest BCUT2D eigenvalue weighted by molar-refractivity contribution is -0.139.